The molecule has 0 atom stereocenters. The zero-order valence-electron chi connectivity index (χ0n) is 10.1. The average molecular weight is 233 g/mol. The van der Waals surface area contributed by atoms with Crippen molar-refractivity contribution in [1.29, 1.82) is 0 Å². The third-order valence-corrected chi connectivity index (χ3v) is 3.05. The molecule has 2 heterocycles. The van der Waals surface area contributed by atoms with Crippen LogP contribution in [0, 0.1) is 0 Å². The number of pyridine rings is 1. The predicted molar refractivity (Wildman–Crippen MR) is 66.6 cm³/mol. The molecule has 4 nitrogen and oxygen atoms in total. The van der Waals surface area contributed by atoms with Gasteiger partial charge in [-0.25, -0.2) is 0 Å². The highest BCUT2D eigenvalue weighted by Crippen LogP contribution is 2.05. The molecule has 1 amide bonds. The van der Waals surface area contributed by atoms with Crippen LogP contribution in [-0.2, 0) is 11.2 Å². The molecule has 2 rings (SSSR count). The number of nitrogens with zero attached hydrogens (tertiary/aromatic N) is 2. The van der Waals surface area contributed by atoms with E-state index in [-0.39, 0.29) is 5.91 Å². The van der Waals surface area contributed by atoms with Gasteiger partial charge in [0.2, 0.25) is 5.91 Å². The molecule has 0 spiro atoms. The summed E-state index contributed by atoms with van der Waals surface area (Å²) < 4.78 is 0. The third-order valence-electron chi connectivity index (χ3n) is 3.05. The van der Waals surface area contributed by atoms with E-state index in [9.17, 15) is 4.79 Å². The molecule has 1 fully saturated rings. The number of nitrogens with one attached hydrogen (secondary N) is 1. The van der Waals surface area contributed by atoms with E-state index >= 15 is 0 Å². The van der Waals surface area contributed by atoms with Crippen molar-refractivity contribution in [2.24, 2.45) is 0 Å². The van der Waals surface area contributed by atoms with E-state index < -0.39 is 0 Å². The van der Waals surface area contributed by atoms with Crippen LogP contribution in [0.15, 0.2) is 24.5 Å². The van der Waals surface area contributed by atoms with Crippen molar-refractivity contribution in [3.63, 3.8) is 0 Å². The molecule has 0 aliphatic carbocycles. The van der Waals surface area contributed by atoms with Gasteiger partial charge in [0.1, 0.15) is 0 Å². The molecule has 17 heavy (non-hydrogen) atoms. The number of rotatable bonds is 4. The first kappa shape index (κ1) is 12.0. The highest BCUT2D eigenvalue weighted by Gasteiger charge is 2.15. The van der Waals surface area contributed by atoms with E-state index in [1.165, 1.54) is 5.56 Å². The Morgan fingerprint density at radius 1 is 1.41 bits per heavy atom. The predicted octanol–water partition coefficient (Wildman–Crippen LogP) is 0.836. The minimum absolute atomic E-state index is 0.287. The largest absolute Gasteiger partial charge is 0.340 e. The highest BCUT2D eigenvalue weighted by atomic mass is 16.2. The van der Waals surface area contributed by atoms with Crippen LogP contribution in [0.5, 0.6) is 0 Å². The quantitative estimate of drug-likeness (QED) is 0.838. The molecule has 0 bridgehead atoms. The van der Waals surface area contributed by atoms with Crippen LogP contribution in [0.1, 0.15) is 18.4 Å². The van der Waals surface area contributed by atoms with Crippen molar-refractivity contribution in [3.05, 3.63) is 30.1 Å². The Labute approximate surface area is 102 Å². The van der Waals surface area contributed by atoms with Crippen LogP contribution in [0.4, 0.5) is 0 Å². The number of hydrogen-bond acceptors (Lipinski definition) is 3. The SMILES string of the molecule is O=C(CCCc1cccnc1)N1CCNCC1. The average Bonchev–Trinajstić information content (AvgIpc) is 2.41. The molecule has 92 valence electrons. The summed E-state index contributed by atoms with van der Waals surface area (Å²) in [4.78, 5) is 17.9. The molecule has 1 saturated heterocycles. The van der Waals surface area contributed by atoms with Crippen molar-refractivity contribution < 1.29 is 4.79 Å². The molecule has 1 aliphatic heterocycles. The summed E-state index contributed by atoms with van der Waals surface area (Å²) in [6.07, 6.45) is 6.14. The molecule has 0 radical (unpaired) electrons. The molecule has 0 saturated carbocycles. The Balaban J connectivity index is 1.69. The molecule has 1 aromatic rings. The van der Waals surface area contributed by atoms with Crippen LogP contribution in [0.2, 0.25) is 0 Å². The van der Waals surface area contributed by atoms with Crippen molar-refractivity contribution in [2.45, 2.75) is 19.3 Å². The van der Waals surface area contributed by atoms with Crippen LogP contribution >= 0.6 is 0 Å². The Morgan fingerprint density at radius 2 is 2.24 bits per heavy atom. The summed E-state index contributed by atoms with van der Waals surface area (Å²) in [7, 11) is 0. The lowest BCUT2D eigenvalue weighted by Gasteiger charge is -2.27. The van der Waals surface area contributed by atoms with E-state index in [1.54, 1.807) is 6.20 Å². The summed E-state index contributed by atoms with van der Waals surface area (Å²) in [6, 6.07) is 4.00. The van der Waals surface area contributed by atoms with Gasteiger partial charge in [-0.1, -0.05) is 6.07 Å². The third kappa shape index (κ3) is 3.82. The standard InChI is InChI=1S/C13H19N3O/c17-13(16-9-7-14-8-10-16)5-1-3-12-4-2-6-15-11-12/h2,4,6,11,14H,1,3,5,7-10H2. The van der Waals surface area contributed by atoms with Crippen molar-refractivity contribution in [2.75, 3.05) is 26.2 Å². The molecule has 1 aromatic heterocycles. The topological polar surface area (TPSA) is 45.2 Å². The highest BCUT2D eigenvalue weighted by molar-refractivity contribution is 5.76. The summed E-state index contributed by atoms with van der Waals surface area (Å²) >= 11 is 0. The summed E-state index contributed by atoms with van der Waals surface area (Å²) in [5.41, 5.74) is 1.21. The van der Waals surface area contributed by atoms with Gasteiger partial charge in [0.05, 0.1) is 0 Å². The first-order valence-electron chi connectivity index (χ1n) is 6.23. The van der Waals surface area contributed by atoms with E-state index in [0.29, 0.717) is 6.42 Å². The lowest BCUT2D eigenvalue weighted by Crippen LogP contribution is -2.46. The van der Waals surface area contributed by atoms with Crippen molar-refractivity contribution >= 4 is 5.91 Å². The lowest BCUT2D eigenvalue weighted by molar-refractivity contribution is -0.131. The van der Waals surface area contributed by atoms with Crippen molar-refractivity contribution in [3.8, 4) is 0 Å². The first-order chi connectivity index (χ1) is 8.36. The van der Waals surface area contributed by atoms with Crippen LogP contribution in [-0.4, -0.2) is 42.0 Å². The van der Waals surface area contributed by atoms with Gasteiger partial charge in [0.25, 0.3) is 0 Å². The van der Waals surface area contributed by atoms with E-state index in [1.807, 2.05) is 17.2 Å². The van der Waals surface area contributed by atoms with Crippen LogP contribution in [0.3, 0.4) is 0 Å². The number of carbonyl (C=O) groups excluding carboxylic acids is 1. The maximum atomic E-state index is 11.9. The van der Waals surface area contributed by atoms with Crippen LogP contribution in [0.25, 0.3) is 0 Å². The number of carbonyl (C=O) groups is 1. The van der Waals surface area contributed by atoms with Gasteiger partial charge in [0.15, 0.2) is 0 Å². The zero-order valence-corrected chi connectivity index (χ0v) is 10.1. The van der Waals surface area contributed by atoms with Gasteiger partial charge in [0, 0.05) is 45.0 Å². The Kier molecular flexibility index (Phi) is 4.50. The second kappa shape index (κ2) is 6.35. The maximum absolute atomic E-state index is 11.9. The minimum Gasteiger partial charge on any atom is -0.340 e. The molecule has 1 N–H and O–H groups in total. The first-order valence-corrected chi connectivity index (χ1v) is 6.23. The molecule has 1 aliphatic rings. The summed E-state index contributed by atoms with van der Waals surface area (Å²) in [6.45, 7) is 3.56. The smallest absolute Gasteiger partial charge is 0.222 e. The maximum Gasteiger partial charge on any atom is 0.222 e. The lowest BCUT2D eigenvalue weighted by atomic mass is 10.1. The molecule has 0 unspecified atom stereocenters. The van der Waals surface area contributed by atoms with Gasteiger partial charge in [-0.05, 0) is 24.5 Å². The number of aryl methyl sites for hydroxylation is 1. The van der Waals surface area contributed by atoms with E-state index in [4.69, 9.17) is 0 Å². The fourth-order valence-corrected chi connectivity index (χ4v) is 2.06. The fraction of sp³-hybridized carbons (Fsp3) is 0.538. The summed E-state index contributed by atoms with van der Waals surface area (Å²) in [5, 5.41) is 3.25. The number of hydrogen-bond donors (Lipinski definition) is 1. The molecular formula is C13H19N3O. The summed E-state index contributed by atoms with van der Waals surface area (Å²) in [5.74, 6) is 0.287. The number of piperazine rings is 1. The number of aromatic nitrogens is 1. The second-order valence-corrected chi connectivity index (χ2v) is 4.35. The fourth-order valence-electron chi connectivity index (χ4n) is 2.06. The molecule has 4 heteroatoms. The van der Waals surface area contributed by atoms with Gasteiger partial charge < -0.3 is 10.2 Å². The minimum atomic E-state index is 0.287. The monoisotopic (exact) mass is 233 g/mol. The van der Waals surface area contributed by atoms with Gasteiger partial charge in [-0.3, -0.25) is 9.78 Å². The Bertz CT molecular complexity index is 347. The van der Waals surface area contributed by atoms with Gasteiger partial charge in [-0.15, -0.1) is 0 Å². The Morgan fingerprint density at radius 3 is 2.94 bits per heavy atom. The van der Waals surface area contributed by atoms with Gasteiger partial charge >= 0.3 is 0 Å². The van der Waals surface area contributed by atoms with E-state index in [0.717, 1.165) is 39.0 Å². The number of amides is 1. The van der Waals surface area contributed by atoms with Crippen LogP contribution < -0.4 is 5.32 Å². The zero-order chi connectivity index (χ0) is 11.9. The molecular weight excluding hydrogens is 214 g/mol. The van der Waals surface area contributed by atoms with Crippen molar-refractivity contribution in [1.82, 2.24) is 15.2 Å². The van der Waals surface area contributed by atoms with E-state index in [2.05, 4.69) is 16.4 Å². The van der Waals surface area contributed by atoms with Gasteiger partial charge in [-0.2, -0.15) is 0 Å². The second-order valence-electron chi connectivity index (χ2n) is 4.35. The molecule has 0 aromatic carbocycles. The Hall–Kier alpha value is -1.42. The normalized spacial score (nSPS) is 15.9.